The summed E-state index contributed by atoms with van der Waals surface area (Å²) in [6, 6.07) is 14.8. The molecule has 0 spiro atoms. The summed E-state index contributed by atoms with van der Waals surface area (Å²) in [5.74, 6) is 0.622. The second-order valence-electron chi connectivity index (χ2n) is 7.61. The van der Waals surface area contributed by atoms with Crippen LogP contribution in [-0.4, -0.2) is 31.8 Å². The molecule has 0 N–H and O–H groups in total. The molecule has 1 saturated heterocycles. The number of carbonyl (C=O) groups excluding carboxylic acids is 1. The highest BCUT2D eigenvalue weighted by atomic mass is 32.2. The van der Waals surface area contributed by atoms with E-state index in [0.717, 1.165) is 49.4 Å². The summed E-state index contributed by atoms with van der Waals surface area (Å²) in [5, 5.41) is 0.683. The number of aromatic nitrogens is 1. The van der Waals surface area contributed by atoms with Crippen molar-refractivity contribution in [2.24, 2.45) is 5.92 Å². The number of piperidine rings is 1. The fourth-order valence-electron chi connectivity index (χ4n) is 3.85. The van der Waals surface area contributed by atoms with E-state index in [2.05, 4.69) is 11.8 Å². The average Bonchev–Trinajstić information content (AvgIpc) is 3.08. The number of rotatable bonds is 5. The van der Waals surface area contributed by atoms with Crippen molar-refractivity contribution in [3.8, 4) is 0 Å². The monoisotopic (exact) mass is 396 g/mol. The minimum atomic E-state index is -3.63. The van der Waals surface area contributed by atoms with Crippen LogP contribution in [0.25, 0.3) is 10.9 Å². The molecule has 28 heavy (non-hydrogen) atoms. The van der Waals surface area contributed by atoms with Crippen LogP contribution in [0.4, 0.5) is 5.69 Å². The molecule has 6 heteroatoms. The van der Waals surface area contributed by atoms with Gasteiger partial charge in [0.1, 0.15) is 0 Å². The molecule has 0 unspecified atom stereocenters. The topological polar surface area (TPSA) is 59.4 Å². The number of nitrogens with zero attached hydrogens (tertiary/aromatic N) is 2. The Kier molecular flexibility index (Phi) is 4.98. The minimum absolute atomic E-state index is 0.109. The molecule has 5 nitrogen and oxygen atoms in total. The summed E-state index contributed by atoms with van der Waals surface area (Å²) < 4.78 is 27.3. The molecule has 0 aliphatic carbocycles. The molecular formula is C22H24N2O3S. The number of benzene rings is 2. The zero-order valence-electron chi connectivity index (χ0n) is 15.9. The average molecular weight is 397 g/mol. The summed E-state index contributed by atoms with van der Waals surface area (Å²) in [6.07, 6.45) is 4.47. The zero-order valence-corrected chi connectivity index (χ0v) is 16.7. The van der Waals surface area contributed by atoms with Crippen molar-refractivity contribution >= 4 is 32.9 Å². The molecule has 0 atom stereocenters. The van der Waals surface area contributed by atoms with Gasteiger partial charge < -0.3 is 4.90 Å². The van der Waals surface area contributed by atoms with Crippen LogP contribution < -0.4 is 4.90 Å². The minimum Gasteiger partial charge on any atom is -0.371 e. The van der Waals surface area contributed by atoms with Gasteiger partial charge in [0.15, 0.2) is 6.29 Å². The Hall–Kier alpha value is -2.60. The van der Waals surface area contributed by atoms with Gasteiger partial charge in [0.25, 0.3) is 0 Å². The van der Waals surface area contributed by atoms with Gasteiger partial charge in [-0.1, -0.05) is 37.3 Å². The number of hydrogen-bond acceptors (Lipinski definition) is 4. The molecule has 1 aliphatic heterocycles. The molecule has 0 saturated carbocycles. The molecule has 0 bridgehead atoms. The molecule has 0 radical (unpaired) electrons. The van der Waals surface area contributed by atoms with Gasteiger partial charge in [0.2, 0.25) is 10.0 Å². The van der Waals surface area contributed by atoms with Crippen molar-refractivity contribution in [3.05, 3.63) is 65.9 Å². The molecule has 1 aliphatic rings. The van der Waals surface area contributed by atoms with Gasteiger partial charge >= 0.3 is 0 Å². The number of fused-ring (bicyclic) bond motifs is 1. The van der Waals surface area contributed by atoms with E-state index >= 15 is 0 Å². The van der Waals surface area contributed by atoms with Crippen molar-refractivity contribution in [1.82, 2.24) is 3.97 Å². The molecule has 2 aromatic carbocycles. The van der Waals surface area contributed by atoms with E-state index in [1.807, 2.05) is 36.4 Å². The van der Waals surface area contributed by atoms with E-state index in [-0.39, 0.29) is 5.75 Å². The van der Waals surface area contributed by atoms with Crippen LogP contribution in [0.1, 0.15) is 35.7 Å². The molecule has 0 amide bonds. The van der Waals surface area contributed by atoms with Crippen LogP contribution in [0.2, 0.25) is 0 Å². The molecular weight excluding hydrogens is 372 g/mol. The highest BCUT2D eigenvalue weighted by Crippen LogP contribution is 2.30. The maximum atomic E-state index is 13.0. The van der Waals surface area contributed by atoms with Crippen molar-refractivity contribution < 1.29 is 13.2 Å². The third-order valence-electron chi connectivity index (χ3n) is 5.55. The molecule has 2 heterocycles. The third kappa shape index (κ3) is 3.56. The SMILES string of the molecule is CC1CCN(c2ccc3c(c2)c(C=O)cn3S(=O)(=O)Cc2ccccc2)CC1. The predicted octanol–water partition coefficient (Wildman–Crippen LogP) is 4.07. The van der Waals surface area contributed by atoms with Gasteiger partial charge in [0, 0.05) is 35.9 Å². The van der Waals surface area contributed by atoms with Crippen LogP contribution in [0, 0.1) is 5.92 Å². The van der Waals surface area contributed by atoms with E-state index in [9.17, 15) is 13.2 Å². The number of hydrogen-bond donors (Lipinski definition) is 0. The van der Waals surface area contributed by atoms with Gasteiger partial charge in [0.05, 0.1) is 11.3 Å². The lowest BCUT2D eigenvalue weighted by Crippen LogP contribution is -2.32. The van der Waals surface area contributed by atoms with Crippen molar-refractivity contribution in [2.75, 3.05) is 18.0 Å². The van der Waals surface area contributed by atoms with Gasteiger partial charge in [-0.15, -0.1) is 0 Å². The Balaban J connectivity index is 1.73. The Morgan fingerprint density at radius 2 is 1.79 bits per heavy atom. The molecule has 146 valence electrons. The lowest BCUT2D eigenvalue weighted by atomic mass is 9.98. The predicted molar refractivity (Wildman–Crippen MR) is 112 cm³/mol. The van der Waals surface area contributed by atoms with Crippen LogP contribution in [0.3, 0.4) is 0 Å². The van der Waals surface area contributed by atoms with Crippen LogP contribution in [0.5, 0.6) is 0 Å². The van der Waals surface area contributed by atoms with Gasteiger partial charge in [-0.25, -0.2) is 12.4 Å². The highest BCUT2D eigenvalue weighted by molar-refractivity contribution is 7.89. The number of anilines is 1. The standard InChI is InChI=1S/C22H24N2O3S/c1-17-9-11-23(12-10-17)20-7-8-22-21(13-20)19(15-25)14-24(22)28(26,27)16-18-5-3-2-4-6-18/h2-8,13-15,17H,9-12,16H2,1H3. The first kappa shape index (κ1) is 18.7. The lowest BCUT2D eigenvalue weighted by molar-refractivity contribution is 0.112. The van der Waals surface area contributed by atoms with Crippen LogP contribution in [-0.2, 0) is 15.8 Å². The van der Waals surface area contributed by atoms with Crippen molar-refractivity contribution in [1.29, 1.82) is 0 Å². The lowest BCUT2D eigenvalue weighted by Gasteiger charge is -2.32. The van der Waals surface area contributed by atoms with Gasteiger partial charge in [-0.3, -0.25) is 4.79 Å². The zero-order chi connectivity index (χ0) is 19.7. The maximum absolute atomic E-state index is 13.0. The summed E-state index contributed by atoms with van der Waals surface area (Å²) in [6.45, 7) is 4.23. The summed E-state index contributed by atoms with van der Waals surface area (Å²) >= 11 is 0. The van der Waals surface area contributed by atoms with Crippen LogP contribution in [0.15, 0.2) is 54.7 Å². The first-order valence-electron chi connectivity index (χ1n) is 9.60. The molecule has 3 aromatic rings. The normalized spacial score (nSPS) is 15.8. The van der Waals surface area contributed by atoms with E-state index in [0.29, 0.717) is 16.5 Å². The number of aldehydes is 1. The second kappa shape index (κ2) is 7.43. The molecule has 1 fully saturated rings. The van der Waals surface area contributed by atoms with E-state index in [1.165, 1.54) is 10.2 Å². The third-order valence-corrected chi connectivity index (χ3v) is 7.15. The van der Waals surface area contributed by atoms with E-state index in [1.54, 1.807) is 12.1 Å². The Bertz CT molecular complexity index is 1100. The summed E-state index contributed by atoms with van der Waals surface area (Å²) in [7, 11) is -3.63. The molecule has 4 rings (SSSR count). The maximum Gasteiger partial charge on any atom is 0.243 e. The highest BCUT2D eigenvalue weighted by Gasteiger charge is 2.21. The Morgan fingerprint density at radius 3 is 2.46 bits per heavy atom. The first-order chi connectivity index (χ1) is 13.5. The number of carbonyl (C=O) groups is 1. The quantitative estimate of drug-likeness (QED) is 0.610. The summed E-state index contributed by atoms with van der Waals surface area (Å²) in [4.78, 5) is 13.9. The summed E-state index contributed by atoms with van der Waals surface area (Å²) in [5.41, 5.74) is 2.71. The molecule has 1 aromatic heterocycles. The largest absolute Gasteiger partial charge is 0.371 e. The van der Waals surface area contributed by atoms with Gasteiger partial charge in [-0.05, 0) is 42.5 Å². The van der Waals surface area contributed by atoms with Crippen LogP contribution >= 0.6 is 0 Å². The Labute approximate surface area is 165 Å². The smallest absolute Gasteiger partial charge is 0.243 e. The fraction of sp³-hybridized carbons (Fsp3) is 0.318. The fourth-order valence-corrected chi connectivity index (χ4v) is 5.34. The van der Waals surface area contributed by atoms with E-state index in [4.69, 9.17) is 0 Å². The first-order valence-corrected chi connectivity index (χ1v) is 11.2. The van der Waals surface area contributed by atoms with Crippen molar-refractivity contribution in [3.63, 3.8) is 0 Å². The van der Waals surface area contributed by atoms with Crippen molar-refractivity contribution in [2.45, 2.75) is 25.5 Å². The van der Waals surface area contributed by atoms with Gasteiger partial charge in [-0.2, -0.15) is 0 Å². The Morgan fingerprint density at radius 1 is 1.07 bits per heavy atom. The van der Waals surface area contributed by atoms with E-state index < -0.39 is 10.0 Å². The second-order valence-corrected chi connectivity index (χ2v) is 9.46.